The van der Waals surface area contributed by atoms with E-state index in [-0.39, 0.29) is 17.9 Å². The summed E-state index contributed by atoms with van der Waals surface area (Å²) in [6.07, 6.45) is 0. The summed E-state index contributed by atoms with van der Waals surface area (Å²) in [7, 11) is 0. The number of nitrogens with zero attached hydrogens (tertiary/aromatic N) is 1. The summed E-state index contributed by atoms with van der Waals surface area (Å²) in [6, 6.07) is 19.7. The first-order chi connectivity index (χ1) is 16.9. The van der Waals surface area contributed by atoms with Crippen molar-refractivity contribution >= 4 is 33.9 Å². The highest BCUT2D eigenvalue weighted by atomic mass is 32.1. The summed E-state index contributed by atoms with van der Waals surface area (Å²) in [5.74, 6) is 0.969. The Bertz CT molecular complexity index is 1450. The fourth-order valence-electron chi connectivity index (χ4n) is 4.05. The van der Waals surface area contributed by atoms with Gasteiger partial charge in [-0.3, -0.25) is 4.79 Å². The average molecular weight is 490 g/mol. The molecule has 1 aliphatic rings. The number of benzene rings is 3. The largest absolute Gasteiger partial charge is 0.486 e. The number of rotatable bonds is 5. The van der Waals surface area contributed by atoms with Gasteiger partial charge < -0.3 is 24.7 Å². The van der Waals surface area contributed by atoms with Crippen LogP contribution in [0.25, 0.3) is 10.9 Å². The maximum Gasteiger partial charge on any atom is 0.253 e. The van der Waals surface area contributed by atoms with Gasteiger partial charge in [-0.25, -0.2) is 4.39 Å². The van der Waals surface area contributed by atoms with Crippen LogP contribution in [0.1, 0.15) is 16.7 Å². The number of halogens is 1. The second-order valence-electron chi connectivity index (χ2n) is 8.49. The predicted octanol–water partition coefficient (Wildman–Crippen LogP) is 5.15. The highest BCUT2D eigenvalue weighted by Crippen LogP contribution is 2.33. The van der Waals surface area contributed by atoms with Crippen LogP contribution in [0.15, 0.2) is 71.5 Å². The molecule has 0 aliphatic carbocycles. The van der Waals surface area contributed by atoms with Crippen LogP contribution in [-0.4, -0.2) is 28.2 Å². The van der Waals surface area contributed by atoms with E-state index < -0.39 is 0 Å². The number of thiocarbonyl (C=S) groups is 1. The number of aromatic amines is 1. The van der Waals surface area contributed by atoms with Crippen LogP contribution in [0.3, 0.4) is 0 Å². The molecule has 35 heavy (non-hydrogen) atoms. The number of H-pyrrole nitrogens is 1. The predicted molar refractivity (Wildman–Crippen MR) is 139 cm³/mol. The number of aromatic nitrogens is 1. The Balaban J connectivity index is 1.46. The van der Waals surface area contributed by atoms with Crippen LogP contribution in [-0.2, 0) is 13.1 Å². The van der Waals surface area contributed by atoms with Gasteiger partial charge in [-0.1, -0.05) is 24.3 Å². The second-order valence-corrected chi connectivity index (χ2v) is 8.88. The lowest BCUT2D eigenvalue weighted by atomic mass is 10.1. The van der Waals surface area contributed by atoms with Crippen molar-refractivity contribution in [3.8, 4) is 11.5 Å². The smallest absolute Gasteiger partial charge is 0.253 e. The molecule has 8 heteroatoms. The Hall–Kier alpha value is -3.91. The minimum atomic E-state index is -0.304. The minimum absolute atomic E-state index is 0.211. The van der Waals surface area contributed by atoms with Crippen LogP contribution in [0, 0.1) is 12.7 Å². The van der Waals surface area contributed by atoms with Crippen molar-refractivity contribution in [3.05, 3.63) is 99.6 Å². The molecular formula is C27H24FN3O3S. The van der Waals surface area contributed by atoms with Crippen LogP contribution < -0.4 is 20.3 Å². The number of fused-ring (bicyclic) bond motifs is 2. The maximum atomic E-state index is 13.5. The summed E-state index contributed by atoms with van der Waals surface area (Å²) >= 11 is 5.74. The monoisotopic (exact) mass is 489 g/mol. The number of anilines is 1. The molecule has 0 radical (unpaired) electrons. The summed E-state index contributed by atoms with van der Waals surface area (Å²) < 4.78 is 24.8. The molecule has 2 N–H and O–H groups in total. The molecule has 0 amide bonds. The van der Waals surface area contributed by atoms with Crippen molar-refractivity contribution in [3.63, 3.8) is 0 Å². The van der Waals surface area contributed by atoms with E-state index in [1.54, 1.807) is 18.2 Å². The minimum Gasteiger partial charge on any atom is -0.486 e. The normalized spacial score (nSPS) is 12.4. The van der Waals surface area contributed by atoms with E-state index in [1.807, 2.05) is 48.2 Å². The molecule has 0 atom stereocenters. The van der Waals surface area contributed by atoms with E-state index in [1.165, 1.54) is 12.1 Å². The van der Waals surface area contributed by atoms with Gasteiger partial charge in [-0.05, 0) is 66.7 Å². The Morgan fingerprint density at radius 2 is 1.77 bits per heavy atom. The topological polar surface area (TPSA) is 66.6 Å². The molecule has 4 aromatic rings. The molecule has 0 fully saturated rings. The first-order valence-electron chi connectivity index (χ1n) is 11.3. The van der Waals surface area contributed by atoms with Gasteiger partial charge in [0.15, 0.2) is 16.6 Å². The summed E-state index contributed by atoms with van der Waals surface area (Å²) in [5, 5.41) is 4.56. The highest BCUT2D eigenvalue weighted by Gasteiger charge is 2.17. The fraction of sp³-hybridized carbons (Fsp3) is 0.185. The van der Waals surface area contributed by atoms with Gasteiger partial charge in [0.2, 0.25) is 0 Å². The Labute approximate surface area is 207 Å². The number of hydrogen-bond acceptors (Lipinski definition) is 4. The van der Waals surface area contributed by atoms with Gasteiger partial charge in [-0.2, -0.15) is 0 Å². The summed E-state index contributed by atoms with van der Waals surface area (Å²) in [6.45, 7) is 3.63. The van der Waals surface area contributed by atoms with Crippen LogP contribution in [0.5, 0.6) is 11.5 Å². The third kappa shape index (κ3) is 5.27. The second kappa shape index (κ2) is 9.76. The van der Waals surface area contributed by atoms with E-state index in [0.717, 1.165) is 22.2 Å². The Morgan fingerprint density at radius 1 is 1.03 bits per heavy atom. The fourth-order valence-corrected chi connectivity index (χ4v) is 4.29. The van der Waals surface area contributed by atoms with Gasteiger partial charge in [-0.15, -0.1) is 0 Å². The molecule has 0 bridgehead atoms. The van der Waals surface area contributed by atoms with Gasteiger partial charge in [0.05, 0.1) is 12.1 Å². The van der Waals surface area contributed by atoms with E-state index in [9.17, 15) is 9.18 Å². The van der Waals surface area contributed by atoms with Crippen molar-refractivity contribution in [2.24, 2.45) is 0 Å². The average Bonchev–Trinajstić information content (AvgIpc) is 2.84. The third-order valence-electron chi connectivity index (χ3n) is 5.79. The van der Waals surface area contributed by atoms with Gasteiger partial charge >= 0.3 is 0 Å². The lowest BCUT2D eigenvalue weighted by molar-refractivity contribution is 0.172. The number of pyridine rings is 1. The molecular weight excluding hydrogens is 465 g/mol. The first kappa shape index (κ1) is 22.9. The zero-order valence-corrected chi connectivity index (χ0v) is 20.0. The van der Waals surface area contributed by atoms with Crippen molar-refractivity contribution in [1.29, 1.82) is 0 Å². The zero-order chi connectivity index (χ0) is 24.4. The molecule has 6 nitrogen and oxygen atoms in total. The molecule has 178 valence electrons. The molecule has 3 aromatic carbocycles. The molecule has 0 unspecified atom stereocenters. The molecule has 0 spiro atoms. The van der Waals surface area contributed by atoms with E-state index in [2.05, 4.69) is 10.3 Å². The van der Waals surface area contributed by atoms with Gasteiger partial charge in [0.25, 0.3) is 5.56 Å². The molecule has 0 saturated carbocycles. The van der Waals surface area contributed by atoms with E-state index in [0.29, 0.717) is 47.5 Å². The zero-order valence-electron chi connectivity index (χ0n) is 19.1. The van der Waals surface area contributed by atoms with Crippen molar-refractivity contribution in [2.75, 3.05) is 18.5 Å². The van der Waals surface area contributed by atoms with Crippen LogP contribution >= 0.6 is 12.2 Å². The lowest BCUT2D eigenvalue weighted by Gasteiger charge is -2.26. The van der Waals surface area contributed by atoms with Crippen LogP contribution in [0.2, 0.25) is 0 Å². The van der Waals surface area contributed by atoms with E-state index in [4.69, 9.17) is 21.7 Å². The van der Waals surface area contributed by atoms with Gasteiger partial charge in [0.1, 0.15) is 19.0 Å². The quantitative estimate of drug-likeness (QED) is 0.378. The van der Waals surface area contributed by atoms with Gasteiger partial charge in [0, 0.05) is 29.2 Å². The number of nitrogens with one attached hydrogen (secondary N) is 2. The third-order valence-corrected chi connectivity index (χ3v) is 6.15. The van der Waals surface area contributed by atoms with Crippen molar-refractivity contribution in [2.45, 2.75) is 20.0 Å². The molecule has 5 rings (SSSR count). The number of aryl methyl sites for hydroxylation is 1. The summed E-state index contributed by atoms with van der Waals surface area (Å²) in [4.78, 5) is 17.8. The number of ether oxygens (including phenoxy) is 2. The Kier molecular flexibility index (Phi) is 6.37. The first-order valence-corrected chi connectivity index (χ1v) is 11.7. The Morgan fingerprint density at radius 3 is 2.51 bits per heavy atom. The summed E-state index contributed by atoms with van der Waals surface area (Å²) in [5.41, 5.74) is 3.84. The lowest BCUT2D eigenvalue weighted by Crippen LogP contribution is -2.35. The SMILES string of the molecule is Cc1cccc(NC(=S)N(Cc2ccc(F)cc2)Cc2cc3cc4c(cc3[nH]c2=O)OCCO4)c1. The highest BCUT2D eigenvalue weighted by molar-refractivity contribution is 7.80. The molecule has 1 aliphatic heterocycles. The molecule has 2 heterocycles. The van der Waals surface area contributed by atoms with Crippen molar-refractivity contribution in [1.82, 2.24) is 9.88 Å². The molecule has 0 saturated heterocycles. The number of hydrogen-bond donors (Lipinski definition) is 2. The maximum absolute atomic E-state index is 13.5. The van der Waals surface area contributed by atoms with E-state index >= 15 is 0 Å². The standard InChI is InChI=1S/C27H24FN3O3S/c1-17-3-2-4-22(11-17)29-27(35)31(15-18-5-7-21(28)8-6-18)16-20-12-19-13-24-25(34-10-9-33-24)14-23(19)30-26(20)32/h2-8,11-14H,9-10,15-16H2,1H3,(H,29,35)(H,30,32). The van der Waals surface area contributed by atoms with Crippen molar-refractivity contribution < 1.29 is 13.9 Å². The van der Waals surface area contributed by atoms with Crippen LogP contribution in [0.4, 0.5) is 10.1 Å². The molecule has 1 aromatic heterocycles.